The van der Waals surface area contributed by atoms with E-state index >= 15 is 0 Å². The van der Waals surface area contributed by atoms with Gasteiger partial charge in [0.15, 0.2) is 0 Å². The second kappa shape index (κ2) is 7.27. The predicted molar refractivity (Wildman–Crippen MR) is 109 cm³/mol. The summed E-state index contributed by atoms with van der Waals surface area (Å²) in [5.41, 5.74) is 2.58. The molecule has 2 heterocycles. The van der Waals surface area contributed by atoms with Crippen molar-refractivity contribution < 1.29 is 13.2 Å². The first-order valence-electron chi connectivity index (χ1n) is 9.21. The van der Waals surface area contributed by atoms with Gasteiger partial charge in [-0.2, -0.15) is 0 Å². The number of aromatic nitrogens is 2. The summed E-state index contributed by atoms with van der Waals surface area (Å²) in [6.45, 7) is 1.19. The van der Waals surface area contributed by atoms with Gasteiger partial charge in [-0.05, 0) is 37.1 Å². The van der Waals surface area contributed by atoms with Crippen molar-refractivity contribution in [3.63, 3.8) is 0 Å². The first-order chi connectivity index (χ1) is 13.4. The molecule has 146 valence electrons. The lowest BCUT2D eigenvalue weighted by atomic mass is 9.96. The summed E-state index contributed by atoms with van der Waals surface area (Å²) in [6, 6.07) is 14.6. The van der Waals surface area contributed by atoms with Crippen LogP contribution in [-0.4, -0.2) is 48.5 Å². The van der Waals surface area contributed by atoms with Gasteiger partial charge >= 0.3 is 0 Å². The molecule has 0 saturated carbocycles. The predicted octanol–water partition coefficient (Wildman–Crippen LogP) is 2.95. The molecule has 3 aromatic rings. The van der Waals surface area contributed by atoms with Crippen LogP contribution < -0.4 is 4.72 Å². The van der Waals surface area contributed by atoms with Crippen LogP contribution in [0.5, 0.6) is 0 Å². The van der Waals surface area contributed by atoms with Crippen molar-refractivity contribution in [1.82, 2.24) is 14.9 Å². The van der Waals surface area contributed by atoms with Gasteiger partial charge in [-0.15, -0.1) is 0 Å². The Bertz CT molecular complexity index is 1090. The van der Waals surface area contributed by atoms with Gasteiger partial charge in [-0.3, -0.25) is 9.52 Å². The van der Waals surface area contributed by atoms with Crippen LogP contribution in [0.4, 0.5) is 5.69 Å². The van der Waals surface area contributed by atoms with E-state index in [9.17, 15) is 13.2 Å². The molecule has 7 nitrogen and oxygen atoms in total. The lowest BCUT2D eigenvalue weighted by Crippen LogP contribution is -2.39. The highest BCUT2D eigenvalue weighted by Gasteiger charge is 2.28. The number of aromatic amines is 1. The summed E-state index contributed by atoms with van der Waals surface area (Å²) >= 11 is 0. The Labute approximate surface area is 163 Å². The van der Waals surface area contributed by atoms with Gasteiger partial charge in [0.25, 0.3) is 5.91 Å². The molecule has 2 aromatic carbocycles. The maximum Gasteiger partial charge on any atom is 0.256 e. The van der Waals surface area contributed by atoms with E-state index in [1.165, 1.54) is 0 Å². The molecule has 1 aromatic heterocycles. The van der Waals surface area contributed by atoms with Crippen LogP contribution in [0.1, 0.15) is 34.9 Å². The lowest BCUT2D eigenvalue weighted by molar-refractivity contribution is 0.0706. The molecule has 0 bridgehead atoms. The van der Waals surface area contributed by atoms with E-state index in [0.29, 0.717) is 24.3 Å². The average Bonchev–Trinajstić information content (AvgIpc) is 3.11. The summed E-state index contributed by atoms with van der Waals surface area (Å²) in [5.74, 6) is 0.842. The van der Waals surface area contributed by atoms with Crippen molar-refractivity contribution in [2.75, 3.05) is 24.1 Å². The maximum atomic E-state index is 13.1. The Morgan fingerprint density at radius 1 is 1.18 bits per heavy atom. The number of imidazole rings is 1. The summed E-state index contributed by atoms with van der Waals surface area (Å²) in [5, 5.41) is 0. The van der Waals surface area contributed by atoms with Gasteiger partial charge in [0, 0.05) is 19.0 Å². The monoisotopic (exact) mass is 398 g/mol. The number of amides is 1. The topological polar surface area (TPSA) is 95.2 Å². The van der Waals surface area contributed by atoms with E-state index in [0.717, 1.165) is 36.0 Å². The zero-order valence-electron chi connectivity index (χ0n) is 15.6. The molecular formula is C20H22N4O3S. The Kier molecular flexibility index (Phi) is 4.80. The molecule has 1 saturated heterocycles. The molecule has 28 heavy (non-hydrogen) atoms. The molecular weight excluding hydrogens is 376 g/mol. The second-order valence-electron chi connectivity index (χ2n) is 7.15. The van der Waals surface area contributed by atoms with Gasteiger partial charge in [-0.25, -0.2) is 13.4 Å². The van der Waals surface area contributed by atoms with Crippen molar-refractivity contribution in [3.05, 3.63) is 59.9 Å². The minimum atomic E-state index is -3.47. The number of likely N-dealkylation sites (tertiary alicyclic amines) is 1. The minimum absolute atomic E-state index is 0.125. The molecule has 1 unspecified atom stereocenters. The summed E-state index contributed by atoms with van der Waals surface area (Å²) < 4.78 is 25.7. The number of piperidine rings is 1. The van der Waals surface area contributed by atoms with Crippen molar-refractivity contribution >= 4 is 32.7 Å². The van der Waals surface area contributed by atoms with Gasteiger partial charge in [-0.1, -0.05) is 24.3 Å². The second-order valence-corrected chi connectivity index (χ2v) is 8.90. The van der Waals surface area contributed by atoms with Crippen molar-refractivity contribution in [3.8, 4) is 0 Å². The highest BCUT2D eigenvalue weighted by molar-refractivity contribution is 7.92. The Morgan fingerprint density at radius 2 is 1.93 bits per heavy atom. The highest BCUT2D eigenvalue weighted by atomic mass is 32.2. The molecule has 1 amide bonds. The number of fused-ring (bicyclic) bond motifs is 1. The molecule has 1 atom stereocenters. The Hall–Kier alpha value is -2.87. The Balaban J connectivity index is 1.57. The van der Waals surface area contributed by atoms with Crippen LogP contribution in [0.25, 0.3) is 11.0 Å². The number of sulfonamides is 1. The van der Waals surface area contributed by atoms with Crippen LogP contribution in [0.15, 0.2) is 48.5 Å². The minimum Gasteiger partial charge on any atom is -0.342 e. The maximum absolute atomic E-state index is 13.1. The van der Waals surface area contributed by atoms with E-state index in [1.807, 2.05) is 24.3 Å². The van der Waals surface area contributed by atoms with Crippen molar-refractivity contribution in [2.24, 2.45) is 0 Å². The van der Waals surface area contributed by atoms with E-state index in [-0.39, 0.29) is 11.8 Å². The number of para-hydroxylation sites is 3. The first kappa shape index (κ1) is 18.5. The third-order valence-electron chi connectivity index (χ3n) is 4.96. The summed E-state index contributed by atoms with van der Waals surface area (Å²) in [6.07, 6.45) is 2.90. The Morgan fingerprint density at radius 3 is 2.71 bits per heavy atom. The van der Waals surface area contributed by atoms with Gasteiger partial charge in [0.05, 0.1) is 28.5 Å². The fourth-order valence-corrected chi connectivity index (χ4v) is 4.26. The molecule has 0 radical (unpaired) electrons. The number of carbonyl (C=O) groups excluding carboxylic acids is 1. The van der Waals surface area contributed by atoms with Gasteiger partial charge in [0.1, 0.15) is 5.82 Å². The first-order valence-corrected chi connectivity index (χ1v) is 11.1. The molecule has 1 aliphatic rings. The number of nitrogens with zero attached hydrogens (tertiary/aromatic N) is 2. The number of H-pyrrole nitrogens is 1. The average molecular weight is 398 g/mol. The molecule has 4 rings (SSSR count). The number of carbonyl (C=O) groups is 1. The molecule has 8 heteroatoms. The van der Waals surface area contributed by atoms with Gasteiger partial charge < -0.3 is 9.88 Å². The molecule has 1 fully saturated rings. The lowest BCUT2D eigenvalue weighted by Gasteiger charge is -2.32. The van der Waals surface area contributed by atoms with Crippen LogP contribution in [0.2, 0.25) is 0 Å². The van der Waals surface area contributed by atoms with Crippen LogP contribution in [0, 0.1) is 0 Å². The van der Waals surface area contributed by atoms with E-state index in [4.69, 9.17) is 0 Å². The number of rotatable bonds is 4. The zero-order valence-corrected chi connectivity index (χ0v) is 16.4. The summed E-state index contributed by atoms with van der Waals surface area (Å²) in [7, 11) is -3.47. The fraction of sp³-hybridized carbons (Fsp3) is 0.300. The molecule has 1 aliphatic heterocycles. The number of hydrogen-bond acceptors (Lipinski definition) is 4. The van der Waals surface area contributed by atoms with E-state index in [2.05, 4.69) is 14.7 Å². The largest absolute Gasteiger partial charge is 0.342 e. The number of hydrogen-bond donors (Lipinski definition) is 2. The van der Waals surface area contributed by atoms with E-state index in [1.54, 1.807) is 29.2 Å². The van der Waals surface area contributed by atoms with Crippen LogP contribution in [-0.2, 0) is 10.0 Å². The number of nitrogens with one attached hydrogen (secondary N) is 2. The number of benzene rings is 2. The third kappa shape index (κ3) is 3.87. The standard InChI is InChI=1S/C20H22N4O3S/c1-28(26,27)23-16-9-3-2-8-15(16)20(25)24-12-6-7-14(13-24)19-21-17-10-4-5-11-18(17)22-19/h2-5,8-11,14,23H,6-7,12-13H2,1H3,(H,21,22). The molecule has 2 N–H and O–H groups in total. The quantitative estimate of drug-likeness (QED) is 0.706. The van der Waals surface area contributed by atoms with Crippen molar-refractivity contribution in [1.29, 1.82) is 0 Å². The normalized spacial score (nSPS) is 17.6. The van der Waals surface area contributed by atoms with E-state index < -0.39 is 10.0 Å². The van der Waals surface area contributed by atoms with Gasteiger partial charge in [0.2, 0.25) is 10.0 Å². The van der Waals surface area contributed by atoms with Crippen molar-refractivity contribution in [2.45, 2.75) is 18.8 Å². The molecule has 0 spiro atoms. The SMILES string of the molecule is CS(=O)(=O)Nc1ccccc1C(=O)N1CCCC(c2nc3ccccc3[nH]2)C1. The number of anilines is 1. The summed E-state index contributed by atoms with van der Waals surface area (Å²) in [4.78, 5) is 22.9. The molecule has 0 aliphatic carbocycles. The zero-order chi connectivity index (χ0) is 19.7. The fourth-order valence-electron chi connectivity index (χ4n) is 3.68. The highest BCUT2D eigenvalue weighted by Crippen LogP contribution is 2.28. The van der Waals surface area contributed by atoms with Crippen LogP contribution >= 0.6 is 0 Å². The third-order valence-corrected chi connectivity index (χ3v) is 5.55. The van der Waals surface area contributed by atoms with Crippen LogP contribution in [0.3, 0.4) is 0 Å². The smallest absolute Gasteiger partial charge is 0.256 e.